The second kappa shape index (κ2) is 5.40. The van der Waals surface area contributed by atoms with Crippen molar-refractivity contribution in [3.05, 3.63) is 18.5 Å². The van der Waals surface area contributed by atoms with E-state index in [4.69, 9.17) is 0 Å². The minimum Gasteiger partial charge on any atom is -0.387 e. The van der Waals surface area contributed by atoms with Crippen molar-refractivity contribution in [2.24, 2.45) is 5.41 Å². The van der Waals surface area contributed by atoms with Gasteiger partial charge in [0.1, 0.15) is 0 Å². The lowest BCUT2D eigenvalue weighted by molar-refractivity contribution is 0.144. The highest BCUT2D eigenvalue weighted by atomic mass is 15.1. The fourth-order valence-corrected chi connectivity index (χ4v) is 3.78. The van der Waals surface area contributed by atoms with Gasteiger partial charge in [-0.3, -0.25) is 4.98 Å². The zero-order valence-corrected chi connectivity index (χ0v) is 12.0. The highest BCUT2D eigenvalue weighted by molar-refractivity contribution is 5.55. The van der Waals surface area contributed by atoms with Gasteiger partial charge >= 0.3 is 0 Å². The minimum absolute atomic E-state index is 0.683. The molecule has 1 aromatic rings. The Labute approximate surface area is 116 Å². The zero-order valence-electron chi connectivity index (χ0n) is 12.0. The van der Waals surface area contributed by atoms with Crippen molar-refractivity contribution in [1.82, 2.24) is 4.98 Å². The average Bonchev–Trinajstić information content (AvgIpc) is 2.49. The number of rotatable bonds is 2. The molecule has 3 heteroatoms. The first-order valence-corrected chi connectivity index (χ1v) is 7.69. The van der Waals surface area contributed by atoms with E-state index in [0.29, 0.717) is 5.41 Å². The van der Waals surface area contributed by atoms with E-state index in [1.54, 1.807) is 0 Å². The molecule has 0 aromatic carbocycles. The average molecular weight is 259 g/mol. The number of nitrogens with zero attached hydrogens (tertiary/aromatic N) is 2. The standard InChI is InChI=1S/C16H25N3/c1-17-14-11-15(13-18-12-14)19-9-7-16(8-10-19)5-3-2-4-6-16/h11-13,17H,2-10H2,1H3. The molecule has 2 heterocycles. The van der Waals surface area contributed by atoms with Gasteiger partial charge in [0.2, 0.25) is 0 Å². The lowest BCUT2D eigenvalue weighted by Gasteiger charge is -2.45. The smallest absolute Gasteiger partial charge is 0.0573 e. The predicted molar refractivity (Wildman–Crippen MR) is 80.7 cm³/mol. The van der Waals surface area contributed by atoms with Gasteiger partial charge in [-0.25, -0.2) is 0 Å². The van der Waals surface area contributed by atoms with Crippen molar-refractivity contribution in [2.75, 3.05) is 30.4 Å². The molecule has 0 radical (unpaired) electrons. The molecule has 19 heavy (non-hydrogen) atoms. The molecule has 104 valence electrons. The van der Waals surface area contributed by atoms with Crippen LogP contribution in [0, 0.1) is 5.41 Å². The Morgan fingerprint density at radius 3 is 2.47 bits per heavy atom. The molecule has 0 atom stereocenters. The fraction of sp³-hybridized carbons (Fsp3) is 0.688. The maximum absolute atomic E-state index is 4.33. The Balaban J connectivity index is 1.65. The summed E-state index contributed by atoms with van der Waals surface area (Å²) < 4.78 is 0. The number of anilines is 2. The lowest BCUT2D eigenvalue weighted by Crippen LogP contribution is -2.41. The van der Waals surface area contributed by atoms with Crippen LogP contribution in [0.25, 0.3) is 0 Å². The first-order chi connectivity index (χ1) is 9.31. The molecule has 1 spiro atoms. The van der Waals surface area contributed by atoms with Gasteiger partial charge in [-0.05, 0) is 37.2 Å². The summed E-state index contributed by atoms with van der Waals surface area (Å²) in [7, 11) is 1.95. The fourth-order valence-electron chi connectivity index (χ4n) is 3.78. The topological polar surface area (TPSA) is 28.2 Å². The van der Waals surface area contributed by atoms with Crippen molar-refractivity contribution in [3.8, 4) is 0 Å². The molecule has 2 fully saturated rings. The third kappa shape index (κ3) is 2.70. The maximum Gasteiger partial charge on any atom is 0.0573 e. The minimum atomic E-state index is 0.683. The number of hydrogen-bond acceptors (Lipinski definition) is 3. The third-order valence-electron chi connectivity index (χ3n) is 5.12. The Hall–Kier alpha value is -1.25. The Morgan fingerprint density at radius 1 is 1.05 bits per heavy atom. The Kier molecular flexibility index (Phi) is 3.63. The van der Waals surface area contributed by atoms with Crippen LogP contribution >= 0.6 is 0 Å². The molecule has 1 N–H and O–H groups in total. The van der Waals surface area contributed by atoms with Crippen LogP contribution in [0.2, 0.25) is 0 Å². The van der Waals surface area contributed by atoms with E-state index in [1.165, 1.54) is 63.7 Å². The molecule has 3 rings (SSSR count). The van der Waals surface area contributed by atoms with Crippen LogP contribution in [0.15, 0.2) is 18.5 Å². The van der Waals surface area contributed by atoms with Crippen molar-refractivity contribution >= 4 is 11.4 Å². The first kappa shape index (κ1) is 12.8. The van der Waals surface area contributed by atoms with Crippen LogP contribution in [0.5, 0.6) is 0 Å². The first-order valence-electron chi connectivity index (χ1n) is 7.69. The van der Waals surface area contributed by atoms with Gasteiger partial charge in [0, 0.05) is 20.1 Å². The molecule has 1 aliphatic carbocycles. The van der Waals surface area contributed by atoms with Gasteiger partial charge < -0.3 is 10.2 Å². The monoisotopic (exact) mass is 259 g/mol. The summed E-state index contributed by atoms with van der Waals surface area (Å²) >= 11 is 0. The van der Waals surface area contributed by atoms with Crippen molar-refractivity contribution in [2.45, 2.75) is 44.9 Å². The van der Waals surface area contributed by atoms with Crippen LogP contribution in [-0.2, 0) is 0 Å². The second-order valence-electron chi connectivity index (χ2n) is 6.23. The molecule has 2 aliphatic rings. The molecule has 1 saturated carbocycles. The van der Waals surface area contributed by atoms with E-state index < -0.39 is 0 Å². The molecule has 1 aliphatic heterocycles. The van der Waals surface area contributed by atoms with Crippen LogP contribution in [-0.4, -0.2) is 25.1 Å². The van der Waals surface area contributed by atoms with Crippen LogP contribution in [0.1, 0.15) is 44.9 Å². The van der Waals surface area contributed by atoms with Gasteiger partial charge in [-0.1, -0.05) is 19.3 Å². The number of nitrogens with one attached hydrogen (secondary N) is 1. The summed E-state index contributed by atoms with van der Waals surface area (Å²) in [5, 5.41) is 3.17. The molecule has 1 aromatic heterocycles. The van der Waals surface area contributed by atoms with Crippen molar-refractivity contribution in [3.63, 3.8) is 0 Å². The normalized spacial score (nSPS) is 22.5. The second-order valence-corrected chi connectivity index (χ2v) is 6.23. The van der Waals surface area contributed by atoms with E-state index in [0.717, 1.165) is 5.69 Å². The molecule has 0 bridgehead atoms. The van der Waals surface area contributed by atoms with E-state index in [-0.39, 0.29) is 0 Å². The van der Waals surface area contributed by atoms with E-state index in [2.05, 4.69) is 21.3 Å². The van der Waals surface area contributed by atoms with Gasteiger partial charge in [-0.15, -0.1) is 0 Å². The summed E-state index contributed by atoms with van der Waals surface area (Å²) in [5.41, 5.74) is 3.07. The molecule has 3 nitrogen and oxygen atoms in total. The number of pyridine rings is 1. The number of hydrogen-bond donors (Lipinski definition) is 1. The van der Waals surface area contributed by atoms with Gasteiger partial charge in [0.05, 0.1) is 23.8 Å². The van der Waals surface area contributed by atoms with Crippen LogP contribution in [0.4, 0.5) is 11.4 Å². The molecule has 0 unspecified atom stereocenters. The summed E-state index contributed by atoms with van der Waals surface area (Å²) in [6.07, 6.45) is 13.9. The largest absolute Gasteiger partial charge is 0.387 e. The molecule has 0 amide bonds. The molecular weight excluding hydrogens is 234 g/mol. The zero-order chi connectivity index (χ0) is 13.1. The van der Waals surface area contributed by atoms with E-state index in [1.807, 2.05) is 19.4 Å². The SMILES string of the molecule is CNc1cncc(N2CCC3(CCCCC3)CC2)c1. The predicted octanol–water partition coefficient (Wildman–Crippen LogP) is 3.67. The van der Waals surface area contributed by atoms with Gasteiger partial charge in [0.15, 0.2) is 0 Å². The summed E-state index contributed by atoms with van der Waals surface area (Å²) in [6, 6.07) is 2.21. The van der Waals surface area contributed by atoms with Crippen LogP contribution < -0.4 is 10.2 Å². The lowest BCUT2D eigenvalue weighted by atomic mass is 9.68. The highest BCUT2D eigenvalue weighted by Crippen LogP contribution is 2.45. The van der Waals surface area contributed by atoms with Gasteiger partial charge in [0.25, 0.3) is 0 Å². The summed E-state index contributed by atoms with van der Waals surface area (Å²) in [4.78, 5) is 6.84. The Morgan fingerprint density at radius 2 is 1.79 bits per heavy atom. The number of aromatic nitrogens is 1. The summed E-state index contributed by atoms with van der Waals surface area (Å²) in [5.74, 6) is 0. The van der Waals surface area contributed by atoms with Crippen LogP contribution in [0.3, 0.4) is 0 Å². The van der Waals surface area contributed by atoms with E-state index in [9.17, 15) is 0 Å². The molecular formula is C16H25N3. The Bertz CT molecular complexity index is 414. The van der Waals surface area contributed by atoms with E-state index >= 15 is 0 Å². The quantitative estimate of drug-likeness (QED) is 0.878. The maximum atomic E-state index is 4.33. The van der Waals surface area contributed by atoms with Crippen molar-refractivity contribution < 1.29 is 0 Å². The van der Waals surface area contributed by atoms with Gasteiger partial charge in [-0.2, -0.15) is 0 Å². The van der Waals surface area contributed by atoms with Crippen molar-refractivity contribution in [1.29, 1.82) is 0 Å². The molecule has 1 saturated heterocycles. The third-order valence-corrected chi connectivity index (χ3v) is 5.12. The number of piperidine rings is 1. The highest BCUT2D eigenvalue weighted by Gasteiger charge is 2.35. The summed E-state index contributed by atoms with van der Waals surface area (Å²) in [6.45, 7) is 2.41.